The van der Waals surface area contributed by atoms with E-state index < -0.39 is 0 Å². The molecule has 0 aliphatic heterocycles. The number of aromatic nitrogens is 1. The van der Waals surface area contributed by atoms with Crippen LogP contribution in [0.3, 0.4) is 0 Å². The SMILES string of the molecule is Cc1ccc(C(=O)Nc2ccc(C)c3ncccc23)cc1. The van der Waals surface area contributed by atoms with Gasteiger partial charge in [-0.05, 0) is 49.7 Å². The number of carbonyl (C=O) groups excluding carboxylic acids is 1. The number of hydrogen-bond acceptors (Lipinski definition) is 2. The van der Waals surface area contributed by atoms with Gasteiger partial charge in [0.1, 0.15) is 0 Å². The molecule has 0 fully saturated rings. The standard InChI is InChI=1S/C18H16N2O/c1-12-5-8-14(9-6-12)18(21)20-16-10-7-13(2)17-15(16)4-3-11-19-17/h3-11H,1-2H3,(H,20,21). The zero-order valence-corrected chi connectivity index (χ0v) is 12.1. The monoisotopic (exact) mass is 276 g/mol. The number of hydrogen-bond donors (Lipinski definition) is 1. The molecule has 0 bridgehead atoms. The molecule has 104 valence electrons. The average Bonchev–Trinajstić information content (AvgIpc) is 2.51. The smallest absolute Gasteiger partial charge is 0.255 e. The second-order valence-corrected chi connectivity index (χ2v) is 5.15. The van der Waals surface area contributed by atoms with Crippen molar-refractivity contribution in [2.24, 2.45) is 0 Å². The molecule has 0 saturated carbocycles. The van der Waals surface area contributed by atoms with Crippen LogP contribution < -0.4 is 5.32 Å². The first-order valence-corrected chi connectivity index (χ1v) is 6.87. The summed E-state index contributed by atoms with van der Waals surface area (Å²) in [5, 5.41) is 3.93. The number of carbonyl (C=O) groups is 1. The molecule has 1 aromatic heterocycles. The Bertz CT molecular complexity index is 807. The molecule has 0 aliphatic rings. The average molecular weight is 276 g/mol. The number of anilines is 1. The van der Waals surface area contributed by atoms with Gasteiger partial charge >= 0.3 is 0 Å². The molecule has 0 unspecified atom stereocenters. The molecular weight excluding hydrogens is 260 g/mol. The second-order valence-electron chi connectivity index (χ2n) is 5.15. The molecule has 1 amide bonds. The maximum absolute atomic E-state index is 12.3. The molecule has 0 saturated heterocycles. The lowest BCUT2D eigenvalue weighted by atomic mass is 10.1. The van der Waals surface area contributed by atoms with Crippen LogP contribution in [0.2, 0.25) is 0 Å². The van der Waals surface area contributed by atoms with Crippen molar-refractivity contribution in [1.29, 1.82) is 0 Å². The van der Waals surface area contributed by atoms with Crippen LogP contribution in [0, 0.1) is 13.8 Å². The van der Waals surface area contributed by atoms with Gasteiger partial charge < -0.3 is 5.32 Å². The lowest BCUT2D eigenvalue weighted by molar-refractivity contribution is 0.102. The molecule has 1 N–H and O–H groups in total. The van der Waals surface area contributed by atoms with Crippen LogP contribution in [0.1, 0.15) is 21.5 Å². The number of nitrogens with one attached hydrogen (secondary N) is 1. The molecule has 0 atom stereocenters. The first kappa shape index (κ1) is 13.3. The summed E-state index contributed by atoms with van der Waals surface area (Å²) < 4.78 is 0. The van der Waals surface area contributed by atoms with Gasteiger partial charge in [0.25, 0.3) is 5.91 Å². The molecule has 2 aromatic carbocycles. The van der Waals surface area contributed by atoms with E-state index in [0.29, 0.717) is 5.56 Å². The lowest BCUT2D eigenvalue weighted by Gasteiger charge is -2.10. The van der Waals surface area contributed by atoms with Gasteiger partial charge in [-0.1, -0.05) is 23.8 Å². The first-order chi connectivity index (χ1) is 10.1. The molecule has 0 radical (unpaired) electrons. The largest absolute Gasteiger partial charge is 0.321 e. The Morgan fingerprint density at radius 3 is 2.52 bits per heavy atom. The van der Waals surface area contributed by atoms with Crippen molar-refractivity contribution in [3.05, 3.63) is 71.4 Å². The van der Waals surface area contributed by atoms with Gasteiger partial charge in [0, 0.05) is 17.1 Å². The van der Waals surface area contributed by atoms with Crippen LogP contribution in [0.5, 0.6) is 0 Å². The van der Waals surface area contributed by atoms with E-state index in [-0.39, 0.29) is 5.91 Å². The normalized spacial score (nSPS) is 10.6. The quantitative estimate of drug-likeness (QED) is 0.765. The van der Waals surface area contributed by atoms with Gasteiger partial charge in [-0.25, -0.2) is 0 Å². The summed E-state index contributed by atoms with van der Waals surface area (Å²) in [5.41, 5.74) is 4.59. The van der Waals surface area contributed by atoms with Crippen molar-refractivity contribution in [1.82, 2.24) is 4.98 Å². The third kappa shape index (κ3) is 2.63. The van der Waals surface area contributed by atoms with Gasteiger partial charge in [-0.2, -0.15) is 0 Å². The van der Waals surface area contributed by atoms with Crippen LogP contribution in [-0.4, -0.2) is 10.9 Å². The molecule has 0 aliphatic carbocycles. The first-order valence-electron chi connectivity index (χ1n) is 6.87. The van der Waals surface area contributed by atoms with E-state index in [1.54, 1.807) is 6.20 Å². The van der Waals surface area contributed by atoms with Crippen molar-refractivity contribution in [2.75, 3.05) is 5.32 Å². The van der Waals surface area contributed by atoms with E-state index >= 15 is 0 Å². The number of amides is 1. The number of pyridine rings is 1. The van der Waals surface area contributed by atoms with Crippen LogP contribution in [0.25, 0.3) is 10.9 Å². The van der Waals surface area contributed by atoms with E-state index in [1.807, 2.05) is 62.4 Å². The van der Waals surface area contributed by atoms with Crippen LogP contribution in [0.15, 0.2) is 54.7 Å². The number of benzene rings is 2. The molecule has 3 nitrogen and oxygen atoms in total. The van der Waals surface area contributed by atoms with E-state index in [4.69, 9.17) is 0 Å². The highest BCUT2D eigenvalue weighted by Crippen LogP contribution is 2.25. The molecule has 1 heterocycles. The Labute approximate surface area is 123 Å². The van der Waals surface area contributed by atoms with Crippen molar-refractivity contribution in [2.45, 2.75) is 13.8 Å². The Balaban J connectivity index is 1.97. The fourth-order valence-corrected chi connectivity index (χ4v) is 2.32. The highest BCUT2D eigenvalue weighted by molar-refractivity contribution is 6.09. The molecule has 3 heteroatoms. The van der Waals surface area contributed by atoms with Crippen LogP contribution >= 0.6 is 0 Å². The molecule has 21 heavy (non-hydrogen) atoms. The zero-order chi connectivity index (χ0) is 14.8. The summed E-state index contributed by atoms with van der Waals surface area (Å²) in [4.78, 5) is 16.7. The minimum atomic E-state index is -0.107. The Kier molecular flexibility index (Phi) is 3.40. The Morgan fingerprint density at radius 2 is 1.76 bits per heavy atom. The van der Waals surface area contributed by atoms with E-state index in [0.717, 1.165) is 27.7 Å². The number of nitrogens with zero attached hydrogens (tertiary/aromatic N) is 1. The van der Waals surface area contributed by atoms with Crippen molar-refractivity contribution < 1.29 is 4.79 Å². The van der Waals surface area contributed by atoms with Crippen molar-refractivity contribution in [3.63, 3.8) is 0 Å². The highest BCUT2D eigenvalue weighted by atomic mass is 16.1. The summed E-state index contributed by atoms with van der Waals surface area (Å²) in [6.45, 7) is 4.02. The summed E-state index contributed by atoms with van der Waals surface area (Å²) in [6, 6.07) is 15.3. The summed E-state index contributed by atoms with van der Waals surface area (Å²) >= 11 is 0. The zero-order valence-electron chi connectivity index (χ0n) is 12.1. The maximum Gasteiger partial charge on any atom is 0.255 e. The van der Waals surface area contributed by atoms with E-state index in [2.05, 4.69) is 10.3 Å². The second kappa shape index (κ2) is 5.37. The summed E-state index contributed by atoms with van der Waals surface area (Å²) in [6.07, 6.45) is 1.76. The fourth-order valence-electron chi connectivity index (χ4n) is 2.32. The third-order valence-corrected chi connectivity index (χ3v) is 3.53. The number of fused-ring (bicyclic) bond motifs is 1. The predicted octanol–water partition coefficient (Wildman–Crippen LogP) is 4.10. The van der Waals surface area contributed by atoms with Gasteiger partial charge in [0.05, 0.1) is 11.2 Å². The van der Waals surface area contributed by atoms with E-state index in [9.17, 15) is 4.79 Å². The fraction of sp³-hybridized carbons (Fsp3) is 0.111. The van der Waals surface area contributed by atoms with Crippen LogP contribution in [-0.2, 0) is 0 Å². The summed E-state index contributed by atoms with van der Waals surface area (Å²) in [7, 11) is 0. The van der Waals surface area contributed by atoms with Gasteiger partial charge in [0.15, 0.2) is 0 Å². The topological polar surface area (TPSA) is 42.0 Å². The molecule has 3 rings (SSSR count). The Morgan fingerprint density at radius 1 is 1.00 bits per heavy atom. The van der Waals surface area contributed by atoms with Gasteiger partial charge in [0.2, 0.25) is 0 Å². The van der Waals surface area contributed by atoms with Crippen molar-refractivity contribution in [3.8, 4) is 0 Å². The number of aryl methyl sites for hydroxylation is 2. The summed E-state index contributed by atoms with van der Waals surface area (Å²) in [5.74, 6) is -0.107. The predicted molar refractivity (Wildman–Crippen MR) is 85.6 cm³/mol. The molecule has 3 aromatic rings. The van der Waals surface area contributed by atoms with E-state index in [1.165, 1.54) is 0 Å². The Hall–Kier alpha value is -2.68. The minimum Gasteiger partial charge on any atom is -0.321 e. The van der Waals surface area contributed by atoms with Crippen LogP contribution in [0.4, 0.5) is 5.69 Å². The highest BCUT2D eigenvalue weighted by Gasteiger charge is 2.09. The maximum atomic E-state index is 12.3. The molecular formula is C18H16N2O. The third-order valence-electron chi connectivity index (χ3n) is 3.53. The minimum absolute atomic E-state index is 0.107. The van der Waals surface area contributed by atoms with Crippen molar-refractivity contribution >= 4 is 22.5 Å². The lowest BCUT2D eigenvalue weighted by Crippen LogP contribution is -2.12. The number of rotatable bonds is 2. The molecule has 0 spiro atoms. The van der Waals surface area contributed by atoms with Gasteiger partial charge in [-0.3, -0.25) is 9.78 Å². The van der Waals surface area contributed by atoms with Gasteiger partial charge in [-0.15, -0.1) is 0 Å².